The zero-order valence-corrected chi connectivity index (χ0v) is 12.3. The summed E-state index contributed by atoms with van der Waals surface area (Å²) in [5.74, 6) is 0. The summed E-state index contributed by atoms with van der Waals surface area (Å²) in [7, 11) is 1.93. The van der Waals surface area contributed by atoms with Crippen LogP contribution in [0.2, 0.25) is 0 Å². The maximum atomic E-state index is 4.31. The van der Waals surface area contributed by atoms with Crippen LogP contribution < -0.4 is 0 Å². The van der Waals surface area contributed by atoms with Crippen LogP contribution in [0.5, 0.6) is 0 Å². The molecule has 2 aromatic heterocycles. The molecule has 0 aliphatic carbocycles. The molecule has 0 bridgehead atoms. The van der Waals surface area contributed by atoms with E-state index >= 15 is 0 Å². The summed E-state index contributed by atoms with van der Waals surface area (Å²) >= 11 is 0. The Hall–Kier alpha value is -1.45. The SMILES string of the molecule is CC.CC.Cc1nnc2c(C)nn(C)c2c1C. The first kappa shape index (κ1) is 15.6. The van der Waals surface area contributed by atoms with E-state index in [2.05, 4.69) is 15.3 Å². The van der Waals surface area contributed by atoms with Crippen molar-refractivity contribution in [2.75, 3.05) is 0 Å². The molecular formula is C13H24N4. The van der Waals surface area contributed by atoms with Crippen molar-refractivity contribution in [2.24, 2.45) is 7.05 Å². The Morgan fingerprint density at radius 3 is 1.88 bits per heavy atom. The van der Waals surface area contributed by atoms with E-state index < -0.39 is 0 Å². The third-order valence-corrected chi connectivity index (χ3v) is 2.39. The van der Waals surface area contributed by atoms with Crippen LogP contribution in [0.1, 0.15) is 44.6 Å². The lowest BCUT2D eigenvalue weighted by Crippen LogP contribution is -1.96. The van der Waals surface area contributed by atoms with Crippen molar-refractivity contribution in [1.82, 2.24) is 20.0 Å². The maximum Gasteiger partial charge on any atom is 0.134 e. The molecule has 4 heteroatoms. The van der Waals surface area contributed by atoms with Gasteiger partial charge in [-0.1, -0.05) is 27.7 Å². The monoisotopic (exact) mass is 236 g/mol. The van der Waals surface area contributed by atoms with E-state index in [4.69, 9.17) is 0 Å². The van der Waals surface area contributed by atoms with E-state index in [0.29, 0.717) is 0 Å². The van der Waals surface area contributed by atoms with E-state index in [1.807, 2.05) is 60.2 Å². The van der Waals surface area contributed by atoms with Crippen molar-refractivity contribution in [3.63, 3.8) is 0 Å². The summed E-state index contributed by atoms with van der Waals surface area (Å²) in [4.78, 5) is 0. The topological polar surface area (TPSA) is 43.6 Å². The van der Waals surface area contributed by atoms with Crippen LogP contribution in [0.4, 0.5) is 0 Å². The molecule has 96 valence electrons. The normalized spacial score (nSPS) is 9.18. The van der Waals surface area contributed by atoms with Crippen molar-refractivity contribution in [2.45, 2.75) is 48.5 Å². The minimum Gasteiger partial charge on any atom is -0.266 e. The Morgan fingerprint density at radius 1 is 0.824 bits per heavy atom. The average molecular weight is 236 g/mol. The average Bonchev–Trinajstić information content (AvgIpc) is 2.65. The predicted molar refractivity (Wildman–Crippen MR) is 73.2 cm³/mol. The molecule has 0 amide bonds. The van der Waals surface area contributed by atoms with E-state index in [1.165, 1.54) is 0 Å². The zero-order chi connectivity index (χ0) is 13.6. The molecule has 17 heavy (non-hydrogen) atoms. The van der Waals surface area contributed by atoms with Gasteiger partial charge in [-0.05, 0) is 26.3 Å². The van der Waals surface area contributed by atoms with Gasteiger partial charge in [-0.15, -0.1) is 5.10 Å². The number of rotatable bonds is 0. The molecule has 0 aliphatic heterocycles. The molecule has 0 atom stereocenters. The van der Waals surface area contributed by atoms with Gasteiger partial charge < -0.3 is 0 Å². The number of aromatic nitrogens is 4. The summed E-state index contributed by atoms with van der Waals surface area (Å²) in [6.07, 6.45) is 0. The maximum absolute atomic E-state index is 4.31. The fourth-order valence-electron chi connectivity index (χ4n) is 1.56. The van der Waals surface area contributed by atoms with E-state index in [-0.39, 0.29) is 0 Å². The lowest BCUT2D eigenvalue weighted by atomic mass is 10.2. The molecule has 0 unspecified atom stereocenters. The van der Waals surface area contributed by atoms with Gasteiger partial charge in [0.15, 0.2) is 0 Å². The van der Waals surface area contributed by atoms with Crippen LogP contribution in [-0.4, -0.2) is 20.0 Å². The van der Waals surface area contributed by atoms with Crippen LogP contribution in [0.25, 0.3) is 11.0 Å². The Morgan fingerprint density at radius 2 is 1.35 bits per heavy atom. The highest BCUT2D eigenvalue weighted by molar-refractivity contribution is 5.80. The van der Waals surface area contributed by atoms with E-state index in [0.717, 1.165) is 28.0 Å². The molecule has 0 saturated heterocycles. The molecule has 2 heterocycles. The van der Waals surface area contributed by atoms with Gasteiger partial charge in [0.1, 0.15) is 5.52 Å². The molecule has 4 nitrogen and oxygen atoms in total. The Labute approximate surface area is 104 Å². The third-order valence-electron chi connectivity index (χ3n) is 2.39. The van der Waals surface area contributed by atoms with Crippen LogP contribution in [0.15, 0.2) is 0 Å². The van der Waals surface area contributed by atoms with E-state index in [9.17, 15) is 0 Å². The lowest BCUT2D eigenvalue weighted by molar-refractivity contribution is 0.780. The van der Waals surface area contributed by atoms with E-state index in [1.54, 1.807) is 0 Å². The van der Waals surface area contributed by atoms with Gasteiger partial charge in [-0.25, -0.2) is 0 Å². The lowest BCUT2D eigenvalue weighted by Gasteiger charge is -2.00. The second kappa shape index (κ2) is 6.99. The first-order chi connectivity index (χ1) is 8.11. The van der Waals surface area contributed by atoms with Crippen LogP contribution >= 0.6 is 0 Å². The number of nitrogens with zero attached hydrogens (tertiary/aromatic N) is 4. The van der Waals surface area contributed by atoms with Crippen molar-refractivity contribution < 1.29 is 0 Å². The van der Waals surface area contributed by atoms with Gasteiger partial charge in [-0.2, -0.15) is 10.2 Å². The van der Waals surface area contributed by atoms with Gasteiger partial charge >= 0.3 is 0 Å². The van der Waals surface area contributed by atoms with Gasteiger partial charge in [0.2, 0.25) is 0 Å². The molecule has 0 spiro atoms. The largest absolute Gasteiger partial charge is 0.266 e. The fourth-order valence-corrected chi connectivity index (χ4v) is 1.56. The minimum absolute atomic E-state index is 0.908. The molecule has 0 fully saturated rings. The summed E-state index contributed by atoms with van der Waals surface area (Å²) in [5.41, 5.74) is 5.06. The fraction of sp³-hybridized carbons (Fsp3) is 0.615. The van der Waals surface area contributed by atoms with Crippen LogP contribution in [0, 0.1) is 20.8 Å². The molecular weight excluding hydrogens is 212 g/mol. The van der Waals surface area contributed by atoms with Crippen molar-refractivity contribution in [1.29, 1.82) is 0 Å². The molecule has 2 rings (SSSR count). The highest BCUT2D eigenvalue weighted by Gasteiger charge is 2.10. The molecule has 0 radical (unpaired) electrons. The number of aryl methyl sites for hydroxylation is 4. The third kappa shape index (κ3) is 3.02. The highest BCUT2D eigenvalue weighted by Crippen LogP contribution is 2.18. The summed E-state index contributed by atoms with van der Waals surface area (Å²) in [6.45, 7) is 14.0. The minimum atomic E-state index is 0.908. The Kier molecular flexibility index (Phi) is 6.39. The first-order valence-corrected chi connectivity index (χ1v) is 6.24. The summed E-state index contributed by atoms with van der Waals surface area (Å²) in [6, 6.07) is 0. The van der Waals surface area contributed by atoms with Crippen molar-refractivity contribution >= 4 is 11.0 Å². The van der Waals surface area contributed by atoms with Crippen LogP contribution in [0.3, 0.4) is 0 Å². The smallest absolute Gasteiger partial charge is 0.134 e. The second-order valence-corrected chi connectivity index (χ2v) is 3.32. The number of hydrogen-bond acceptors (Lipinski definition) is 3. The van der Waals surface area contributed by atoms with Crippen LogP contribution in [-0.2, 0) is 7.05 Å². The quantitative estimate of drug-likeness (QED) is 0.704. The second-order valence-electron chi connectivity index (χ2n) is 3.32. The van der Waals surface area contributed by atoms with Gasteiger partial charge in [-0.3, -0.25) is 4.68 Å². The Bertz CT molecular complexity index is 472. The number of fused-ring (bicyclic) bond motifs is 1. The molecule has 0 N–H and O–H groups in total. The highest BCUT2D eigenvalue weighted by atomic mass is 15.3. The van der Waals surface area contributed by atoms with Gasteiger partial charge in [0, 0.05) is 7.05 Å². The molecule has 0 aliphatic rings. The number of hydrogen-bond donors (Lipinski definition) is 0. The standard InChI is InChI=1S/C9H12N4.2C2H6/c1-5-6(2)10-11-8-7(3)12-13(4)9(5)8;2*1-2/h1-4H3;2*1-2H3. The molecule has 2 aromatic rings. The van der Waals surface area contributed by atoms with Crippen molar-refractivity contribution in [3.8, 4) is 0 Å². The summed E-state index contributed by atoms with van der Waals surface area (Å²) in [5, 5.41) is 12.5. The summed E-state index contributed by atoms with van der Waals surface area (Å²) < 4.78 is 1.86. The first-order valence-electron chi connectivity index (χ1n) is 6.24. The van der Waals surface area contributed by atoms with Gasteiger partial charge in [0.25, 0.3) is 0 Å². The predicted octanol–water partition coefficient (Wildman–Crippen LogP) is 3.34. The molecule has 0 saturated carbocycles. The molecule has 0 aromatic carbocycles. The Balaban J connectivity index is 0.000000581. The van der Waals surface area contributed by atoms with Crippen molar-refractivity contribution in [3.05, 3.63) is 17.0 Å². The van der Waals surface area contributed by atoms with Gasteiger partial charge in [0.05, 0.1) is 16.9 Å². The zero-order valence-electron chi connectivity index (χ0n) is 12.3.